The van der Waals surface area contributed by atoms with E-state index in [1.807, 2.05) is 60.7 Å². The number of carbonyl (C=O) groups excluding carboxylic acids is 2. The third-order valence-electron chi connectivity index (χ3n) is 6.05. The number of likely N-dealkylation sites (tertiary alicyclic amines) is 1. The zero-order valence-corrected chi connectivity index (χ0v) is 19.4. The number of hydrogen-bond acceptors (Lipinski definition) is 3. The summed E-state index contributed by atoms with van der Waals surface area (Å²) in [5, 5.41) is 8.71. The van der Waals surface area contributed by atoms with Gasteiger partial charge >= 0.3 is 6.03 Å². The topological polar surface area (TPSA) is 70.7 Å². The largest absolute Gasteiger partial charge is 0.497 e. The van der Waals surface area contributed by atoms with E-state index in [0.717, 1.165) is 40.5 Å². The smallest absolute Gasteiger partial charge is 0.318 e. The Morgan fingerprint density at radius 2 is 1.91 bits per heavy atom. The van der Waals surface area contributed by atoms with Gasteiger partial charge in [-0.05, 0) is 65.4 Å². The van der Waals surface area contributed by atoms with E-state index in [1.54, 1.807) is 12.0 Å². The molecule has 0 aliphatic carbocycles. The van der Waals surface area contributed by atoms with Gasteiger partial charge in [0.2, 0.25) is 5.91 Å². The predicted octanol–water partition coefficient (Wildman–Crippen LogP) is 4.53. The van der Waals surface area contributed by atoms with Crippen LogP contribution in [0.5, 0.6) is 5.75 Å². The fourth-order valence-electron chi connectivity index (χ4n) is 4.26. The van der Waals surface area contributed by atoms with Crippen LogP contribution in [-0.4, -0.2) is 43.1 Å². The van der Waals surface area contributed by atoms with E-state index in [0.29, 0.717) is 31.1 Å². The number of halogens is 1. The third-order valence-corrected chi connectivity index (χ3v) is 6.29. The number of urea groups is 1. The Morgan fingerprint density at radius 3 is 2.70 bits per heavy atom. The van der Waals surface area contributed by atoms with Gasteiger partial charge in [-0.3, -0.25) is 4.79 Å². The normalized spacial score (nSPS) is 15.5. The molecule has 0 bridgehead atoms. The van der Waals surface area contributed by atoms with Crippen molar-refractivity contribution in [2.45, 2.75) is 31.8 Å². The first-order valence-electron chi connectivity index (χ1n) is 11.2. The molecule has 2 N–H and O–H groups in total. The van der Waals surface area contributed by atoms with E-state index < -0.39 is 6.04 Å². The monoisotopic (exact) mass is 465 g/mol. The maximum absolute atomic E-state index is 12.9. The molecule has 7 heteroatoms. The molecule has 0 radical (unpaired) electrons. The number of benzene rings is 3. The number of hydrogen-bond donors (Lipinski definition) is 2. The Labute approximate surface area is 198 Å². The van der Waals surface area contributed by atoms with E-state index in [9.17, 15) is 9.59 Å². The van der Waals surface area contributed by atoms with Crippen molar-refractivity contribution in [3.63, 3.8) is 0 Å². The molecule has 0 saturated carbocycles. The van der Waals surface area contributed by atoms with Crippen LogP contribution in [0.3, 0.4) is 0 Å². The Hall–Kier alpha value is -3.25. The summed E-state index contributed by atoms with van der Waals surface area (Å²) in [6.07, 6.45) is 2.21. The number of ether oxygens (including phenoxy) is 1. The maximum atomic E-state index is 12.9. The van der Waals surface area contributed by atoms with Crippen LogP contribution in [0.1, 0.15) is 24.0 Å². The van der Waals surface area contributed by atoms with Crippen molar-refractivity contribution in [2.75, 3.05) is 20.2 Å². The molecule has 1 aliphatic heterocycles. The van der Waals surface area contributed by atoms with Crippen LogP contribution in [-0.2, 0) is 17.8 Å². The van der Waals surface area contributed by atoms with Crippen molar-refractivity contribution in [3.8, 4) is 5.75 Å². The SMILES string of the molecule is COc1ccc(CCNC(=O)[C@@H]2CCCN2C(=O)NCc2cccc3ccc(Cl)cc23)cc1. The van der Waals surface area contributed by atoms with Crippen molar-refractivity contribution < 1.29 is 14.3 Å². The number of nitrogens with zero attached hydrogens (tertiary/aromatic N) is 1. The van der Waals surface area contributed by atoms with Crippen molar-refractivity contribution >= 4 is 34.3 Å². The summed E-state index contributed by atoms with van der Waals surface area (Å²) in [4.78, 5) is 27.3. The molecule has 3 amide bonds. The molecule has 1 aliphatic rings. The van der Waals surface area contributed by atoms with Gasteiger partial charge in [-0.2, -0.15) is 0 Å². The quantitative estimate of drug-likeness (QED) is 0.538. The van der Waals surface area contributed by atoms with E-state index >= 15 is 0 Å². The molecule has 3 aromatic rings. The molecule has 172 valence electrons. The lowest BCUT2D eigenvalue weighted by atomic mass is 10.0. The number of methoxy groups -OCH3 is 1. The number of carbonyl (C=O) groups is 2. The number of fused-ring (bicyclic) bond motifs is 1. The Morgan fingerprint density at radius 1 is 1.09 bits per heavy atom. The summed E-state index contributed by atoms with van der Waals surface area (Å²) in [6, 6.07) is 18.8. The van der Waals surface area contributed by atoms with Crippen LogP contribution < -0.4 is 15.4 Å². The lowest BCUT2D eigenvalue weighted by Crippen LogP contribution is -2.49. The summed E-state index contributed by atoms with van der Waals surface area (Å²) < 4.78 is 5.17. The minimum Gasteiger partial charge on any atom is -0.497 e. The first kappa shape index (κ1) is 22.9. The first-order valence-corrected chi connectivity index (χ1v) is 11.6. The van der Waals surface area contributed by atoms with Gasteiger partial charge in [-0.1, -0.05) is 48.0 Å². The molecule has 4 rings (SSSR count). The van der Waals surface area contributed by atoms with Crippen molar-refractivity contribution in [1.82, 2.24) is 15.5 Å². The van der Waals surface area contributed by atoms with Crippen molar-refractivity contribution in [2.24, 2.45) is 0 Å². The van der Waals surface area contributed by atoms with Crippen LogP contribution in [0.2, 0.25) is 5.02 Å². The van der Waals surface area contributed by atoms with Crippen LogP contribution in [0, 0.1) is 0 Å². The van der Waals surface area contributed by atoms with Crippen LogP contribution in [0.25, 0.3) is 10.8 Å². The van der Waals surface area contributed by atoms with Crippen molar-refractivity contribution in [3.05, 3.63) is 76.8 Å². The highest BCUT2D eigenvalue weighted by Crippen LogP contribution is 2.23. The van der Waals surface area contributed by atoms with Gasteiger partial charge in [-0.15, -0.1) is 0 Å². The van der Waals surface area contributed by atoms with Crippen molar-refractivity contribution in [1.29, 1.82) is 0 Å². The van der Waals surface area contributed by atoms with Gasteiger partial charge in [0.05, 0.1) is 7.11 Å². The zero-order chi connectivity index (χ0) is 23.2. The minimum atomic E-state index is -0.442. The lowest BCUT2D eigenvalue weighted by molar-refractivity contribution is -0.124. The second kappa shape index (κ2) is 10.6. The molecule has 1 fully saturated rings. The molecule has 0 unspecified atom stereocenters. The number of nitrogens with one attached hydrogen (secondary N) is 2. The fraction of sp³-hybridized carbons (Fsp3) is 0.308. The molecule has 1 heterocycles. The fourth-order valence-corrected chi connectivity index (χ4v) is 4.43. The van der Waals surface area contributed by atoms with Gasteiger partial charge in [-0.25, -0.2) is 4.79 Å². The van der Waals surface area contributed by atoms with Gasteiger partial charge in [0.25, 0.3) is 0 Å². The second-order valence-electron chi connectivity index (χ2n) is 8.18. The van der Waals surface area contributed by atoms with E-state index in [1.165, 1.54) is 0 Å². The molecule has 1 atom stereocenters. The zero-order valence-electron chi connectivity index (χ0n) is 18.6. The Bertz CT molecular complexity index is 1130. The summed E-state index contributed by atoms with van der Waals surface area (Å²) in [7, 11) is 1.64. The first-order chi connectivity index (χ1) is 16.0. The second-order valence-corrected chi connectivity index (χ2v) is 8.62. The number of amides is 3. The number of rotatable bonds is 7. The van der Waals surface area contributed by atoms with Gasteiger partial charge in [0, 0.05) is 24.7 Å². The highest BCUT2D eigenvalue weighted by Gasteiger charge is 2.33. The van der Waals surface area contributed by atoms with Crippen LogP contribution >= 0.6 is 11.6 Å². The standard InChI is InChI=1S/C26H28ClN3O3/c1-33-22-11-7-18(8-12-22)13-14-28-25(31)24-6-3-15-30(24)26(32)29-17-20-5-2-4-19-9-10-21(27)16-23(19)20/h2,4-5,7-12,16,24H,3,6,13-15,17H2,1H3,(H,28,31)(H,29,32)/t24-/m0/s1. The third kappa shape index (κ3) is 5.57. The van der Waals surface area contributed by atoms with Crippen LogP contribution in [0.4, 0.5) is 4.79 Å². The summed E-state index contributed by atoms with van der Waals surface area (Å²) in [5.74, 6) is 0.704. The summed E-state index contributed by atoms with van der Waals surface area (Å²) in [6.45, 7) is 1.47. The average molecular weight is 466 g/mol. The van der Waals surface area contributed by atoms with E-state index in [2.05, 4.69) is 10.6 Å². The molecular weight excluding hydrogens is 438 g/mol. The molecular formula is C26H28ClN3O3. The minimum absolute atomic E-state index is 0.104. The molecule has 3 aromatic carbocycles. The van der Waals surface area contributed by atoms with E-state index in [-0.39, 0.29) is 11.9 Å². The summed E-state index contributed by atoms with van der Waals surface area (Å²) >= 11 is 6.16. The van der Waals surface area contributed by atoms with Gasteiger partial charge in [0.15, 0.2) is 0 Å². The average Bonchev–Trinajstić information content (AvgIpc) is 3.33. The predicted molar refractivity (Wildman–Crippen MR) is 131 cm³/mol. The molecule has 0 spiro atoms. The molecule has 33 heavy (non-hydrogen) atoms. The summed E-state index contributed by atoms with van der Waals surface area (Å²) in [5.41, 5.74) is 2.11. The van der Waals surface area contributed by atoms with Gasteiger partial charge in [0.1, 0.15) is 11.8 Å². The highest BCUT2D eigenvalue weighted by molar-refractivity contribution is 6.31. The maximum Gasteiger partial charge on any atom is 0.318 e. The molecule has 1 saturated heterocycles. The molecule has 6 nitrogen and oxygen atoms in total. The molecule has 0 aromatic heterocycles. The lowest BCUT2D eigenvalue weighted by Gasteiger charge is -2.24. The van der Waals surface area contributed by atoms with Crippen LogP contribution in [0.15, 0.2) is 60.7 Å². The highest BCUT2D eigenvalue weighted by atomic mass is 35.5. The Kier molecular flexibility index (Phi) is 7.35. The van der Waals surface area contributed by atoms with E-state index in [4.69, 9.17) is 16.3 Å². The Balaban J connectivity index is 1.31. The van der Waals surface area contributed by atoms with Gasteiger partial charge < -0.3 is 20.3 Å².